The summed E-state index contributed by atoms with van der Waals surface area (Å²) in [7, 11) is 1.64. The lowest BCUT2D eigenvalue weighted by Gasteiger charge is -2.08. The Morgan fingerprint density at radius 1 is 1.21 bits per heavy atom. The molecule has 19 heavy (non-hydrogen) atoms. The predicted molar refractivity (Wildman–Crippen MR) is 74.3 cm³/mol. The van der Waals surface area contributed by atoms with Crippen LogP contribution in [0, 0.1) is 0 Å². The van der Waals surface area contributed by atoms with E-state index in [1.165, 1.54) is 0 Å². The normalized spacial score (nSPS) is 10.0. The fraction of sp³-hybridized carbons (Fsp3) is 0.500. The van der Waals surface area contributed by atoms with E-state index in [-0.39, 0.29) is 6.03 Å². The van der Waals surface area contributed by atoms with E-state index < -0.39 is 0 Å². The third-order valence-electron chi connectivity index (χ3n) is 2.50. The van der Waals surface area contributed by atoms with Gasteiger partial charge in [0, 0.05) is 26.8 Å². The lowest BCUT2D eigenvalue weighted by molar-refractivity contribution is 0.193. The number of ether oxygens (including phenoxy) is 2. The van der Waals surface area contributed by atoms with Crippen LogP contribution >= 0.6 is 0 Å². The van der Waals surface area contributed by atoms with Gasteiger partial charge in [0.05, 0.1) is 6.61 Å². The Hall–Kier alpha value is -1.75. The minimum atomic E-state index is -0.162. The highest BCUT2D eigenvalue weighted by Gasteiger charge is 2.00. The average molecular weight is 266 g/mol. The van der Waals surface area contributed by atoms with E-state index >= 15 is 0 Å². The van der Waals surface area contributed by atoms with Crippen LogP contribution < -0.4 is 15.4 Å². The van der Waals surface area contributed by atoms with Gasteiger partial charge in [-0.05, 0) is 31.0 Å². The molecule has 0 fully saturated rings. The van der Waals surface area contributed by atoms with E-state index in [1.54, 1.807) is 7.11 Å². The van der Waals surface area contributed by atoms with Crippen molar-refractivity contribution < 1.29 is 14.3 Å². The standard InChI is InChI=1S/C14H22N2O3/c1-3-19-13-7-5-12(6-8-13)11-16-14(17)15-9-4-10-18-2/h5-8H,3-4,9-11H2,1-2H3,(H2,15,16,17). The summed E-state index contributed by atoms with van der Waals surface area (Å²) in [6, 6.07) is 7.52. The van der Waals surface area contributed by atoms with Crippen LogP contribution in [0.25, 0.3) is 0 Å². The minimum absolute atomic E-state index is 0.162. The molecule has 0 radical (unpaired) electrons. The molecular formula is C14H22N2O3. The van der Waals surface area contributed by atoms with E-state index in [2.05, 4.69) is 10.6 Å². The number of hydrogen-bond acceptors (Lipinski definition) is 3. The van der Waals surface area contributed by atoms with E-state index in [1.807, 2.05) is 31.2 Å². The number of urea groups is 1. The molecule has 0 spiro atoms. The molecule has 0 unspecified atom stereocenters. The van der Waals surface area contributed by atoms with Gasteiger partial charge in [0.1, 0.15) is 5.75 Å². The number of hydrogen-bond donors (Lipinski definition) is 2. The lowest BCUT2D eigenvalue weighted by Crippen LogP contribution is -2.35. The molecule has 1 aromatic carbocycles. The summed E-state index contributed by atoms with van der Waals surface area (Å²) >= 11 is 0. The van der Waals surface area contributed by atoms with Gasteiger partial charge in [0.25, 0.3) is 0 Å². The molecule has 0 atom stereocenters. The molecule has 2 N–H and O–H groups in total. The molecular weight excluding hydrogens is 244 g/mol. The first-order valence-corrected chi connectivity index (χ1v) is 6.48. The number of benzene rings is 1. The Bertz CT molecular complexity index is 365. The van der Waals surface area contributed by atoms with Gasteiger partial charge in [-0.15, -0.1) is 0 Å². The van der Waals surface area contributed by atoms with Crippen molar-refractivity contribution >= 4 is 6.03 Å². The second-order valence-corrected chi connectivity index (χ2v) is 4.03. The maximum absolute atomic E-state index is 11.5. The quantitative estimate of drug-likeness (QED) is 0.707. The third-order valence-corrected chi connectivity index (χ3v) is 2.50. The average Bonchev–Trinajstić information content (AvgIpc) is 2.43. The highest BCUT2D eigenvalue weighted by molar-refractivity contribution is 5.73. The summed E-state index contributed by atoms with van der Waals surface area (Å²) in [5.74, 6) is 0.843. The molecule has 0 heterocycles. The number of rotatable bonds is 8. The molecule has 0 saturated carbocycles. The van der Waals surface area contributed by atoms with Gasteiger partial charge < -0.3 is 20.1 Å². The molecule has 0 saturated heterocycles. The van der Waals surface area contributed by atoms with Gasteiger partial charge in [-0.3, -0.25) is 0 Å². The van der Waals surface area contributed by atoms with Crippen molar-refractivity contribution in [3.8, 4) is 5.75 Å². The Kier molecular flexibility index (Phi) is 7.43. The van der Waals surface area contributed by atoms with Gasteiger partial charge in [-0.2, -0.15) is 0 Å². The smallest absolute Gasteiger partial charge is 0.315 e. The monoisotopic (exact) mass is 266 g/mol. The van der Waals surface area contributed by atoms with Gasteiger partial charge >= 0.3 is 6.03 Å². The summed E-state index contributed by atoms with van der Waals surface area (Å²) in [6.45, 7) is 4.37. The molecule has 5 heteroatoms. The second-order valence-electron chi connectivity index (χ2n) is 4.03. The Balaban J connectivity index is 2.22. The van der Waals surface area contributed by atoms with Crippen molar-refractivity contribution in [1.82, 2.24) is 10.6 Å². The van der Waals surface area contributed by atoms with E-state index in [0.29, 0.717) is 26.3 Å². The SMILES string of the molecule is CCOc1ccc(CNC(=O)NCCCOC)cc1. The summed E-state index contributed by atoms with van der Waals surface area (Å²) in [5, 5.41) is 5.56. The first-order valence-electron chi connectivity index (χ1n) is 6.48. The van der Waals surface area contributed by atoms with Crippen LogP contribution in [-0.4, -0.2) is 32.9 Å². The fourth-order valence-corrected chi connectivity index (χ4v) is 1.53. The largest absolute Gasteiger partial charge is 0.494 e. The number of amides is 2. The molecule has 0 aromatic heterocycles. The molecule has 0 bridgehead atoms. The Morgan fingerprint density at radius 2 is 1.95 bits per heavy atom. The first-order chi connectivity index (χ1) is 9.26. The van der Waals surface area contributed by atoms with E-state index in [0.717, 1.165) is 17.7 Å². The van der Waals surface area contributed by atoms with E-state index in [4.69, 9.17) is 9.47 Å². The van der Waals surface area contributed by atoms with Crippen LogP contribution in [0.15, 0.2) is 24.3 Å². The molecule has 1 rings (SSSR count). The third kappa shape index (κ3) is 6.67. The summed E-state index contributed by atoms with van der Waals surface area (Å²) < 4.78 is 10.3. The highest BCUT2D eigenvalue weighted by Crippen LogP contribution is 2.11. The van der Waals surface area contributed by atoms with Crippen LogP contribution in [0.5, 0.6) is 5.75 Å². The number of carbonyl (C=O) groups is 1. The van der Waals surface area contributed by atoms with Crippen LogP contribution in [0.3, 0.4) is 0 Å². The minimum Gasteiger partial charge on any atom is -0.494 e. The summed E-state index contributed by atoms with van der Waals surface area (Å²) in [4.78, 5) is 11.5. The maximum Gasteiger partial charge on any atom is 0.315 e. The molecule has 106 valence electrons. The van der Waals surface area contributed by atoms with Crippen LogP contribution in [-0.2, 0) is 11.3 Å². The molecule has 0 aliphatic heterocycles. The zero-order valence-electron chi connectivity index (χ0n) is 11.6. The molecule has 5 nitrogen and oxygen atoms in total. The van der Waals surface area contributed by atoms with Gasteiger partial charge in [-0.25, -0.2) is 4.79 Å². The number of methoxy groups -OCH3 is 1. The summed E-state index contributed by atoms with van der Waals surface area (Å²) in [5.41, 5.74) is 1.04. The number of nitrogens with one attached hydrogen (secondary N) is 2. The predicted octanol–water partition coefficient (Wildman–Crippen LogP) is 1.92. The lowest BCUT2D eigenvalue weighted by atomic mass is 10.2. The fourth-order valence-electron chi connectivity index (χ4n) is 1.53. The van der Waals surface area contributed by atoms with Crippen molar-refractivity contribution in [2.24, 2.45) is 0 Å². The van der Waals surface area contributed by atoms with Crippen molar-refractivity contribution in [3.05, 3.63) is 29.8 Å². The van der Waals surface area contributed by atoms with Crippen molar-refractivity contribution in [2.75, 3.05) is 26.9 Å². The van der Waals surface area contributed by atoms with Crippen LogP contribution in [0.2, 0.25) is 0 Å². The van der Waals surface area contributed by atoms with E-state index in [9.17, 15) is 4.79 Å². The molecule has 2 amide bonds. The maximum atomic E-state index is 11.5. The zero-order valence-corrected chi connectivity index (χ0v) is 11.6. The van der Waals surface area contributed by atoms with Gasteiger partial charge in [-0.1, -0.05) is 12.1 Å². The highest BCUT2D eigenvalue weighted by atomic mass is 16.5. The first kappa shape index (κ1) is 15.3. The molecule has 1 aromatic rings. The van der Waals surface area contributed by atoms with Gasteiger partial charge in [0.15, 0.2) is 0 Å². The zero-order chi connectivity index (χ0) is 13.9. The topological polar surface area (TPSA) is 59.6 Å². The molecule has 0 aliphatic carbocycles. The Labute approximate surface area is 114 Å². The van der Waals surface area contributed by atoms with Crippen molar-refractivity contribution in [2.45, 2.75) is 19.9 Å². The second kappa shape index (κ2) is 9.22. The van der Waals surface area contributed by atoms with Crippen LogP contribution in [0.4, 0.5) is 4.79 Å². The molecule has 0 aliphatic rings. The van der Waals surface area contributed by atoms with Crippen molar-refractivity contribution in [1.29, 1.82) is 0 Å². The van der Waals surface area contributed by atoms with Crippen LogP contribution in [0.1, 0.15) is 18.9 Å². The van der Waals surface area contributed by atoms with Crippen molar-refractivity contribution in [3.63, 3.8) is 0 Å². The number of carbonyl (C=O) groups excluding carboxylic acids is 1. The van der Waals surface area contributed by atoms with Gasteiger partial charge in [0.2, 0.25) is 0 Å². The summed E-state index contributed by atoms with van der Waals surface area (Å²) in [6.07, 6.45) is 0.812. The Morgan fingerprint density at radius 3 is 2.58 bits per heavy atom.